The number of halogens is 3. The van der Waals surface area contributed by atoms with Crippen molar-refractivity contribution in [3.05, 3.63) is 59.5 Å². The average molecular weight is 454 g/mol. The van der Waals surface area contributed by atoms with Gasteiger partial charge in [-0.1, -0.05) is 32.0 Å². The van der Waals surface area contributed by atoms with Crippen LogP contribution in [0.25, 0.3) is 22.0 Å². The van der Waals surface area contributed by atoms with Gasteiger partial charge in [-0.2, -0.15) is 0 Å². The number of fused-ring (bicyclic) bond motifs is 1. The van der Waals surface area contributed by atoms with Gasteiger partial charge in [-0.15, -0.1) is 24.8 Å². The molecule has 0 bridgehead atoms. The summed E-state index contributed by atoms with van der Waals surface area (Å²) in [6, 6.07) is 11.9. The molecule has 0 saturated carbocycles. The molecule has 0 aliphatic heterocycles. The van der Waals surface area contributed by atoms with E-state index in [1.807, 2.05) is 0 Å². The zero-order chi connectivity index (χ0) is 20.3. The van der Waals surface area contributed by atoms with Crippen molar-refractivity contribution in [2.75, 3.05) is 6.61 Å². The maximum atomic E-state index is 14.7. The van der Waals surface area contributed by atoms with E-state index < -0.39 is 5.91 Å². The van der Waals surface area contributed by atoms with Crippen molar-refractivity contribution in [3.8, 4) is 16.9 Å². The second-order valence-electron chi connectivity index (χ2n) is 7.13. The van der Waals surface area contributed by atoms with E-state index in [1.54, 1.807) is 36.4 Å². The van der Waals surface area contributed by atoms with Crippen LogP contribution in [-0.4, -0.2) is 17.5 Å². The van der Waals surface area contributed by atoms with Gasteiger partial charge >= 0.3 is 0 Å². The molecular formula is C22H26Cl2FN3O2. The van der Waals surface area contributed by atoms with Gasteiger partial charge in [0, 0.05) is 28.8 Å². The quantitative estimate of drug-likeness (QED) is 0.554. The number of carbonyl (C=O) groups excluding carboxylic acids is 1. The lowest BCUT2D eigenvalue weighted by Crippen LogP contribution is -2.20. The first-order chi connectivity index (χ1) is 13.4. The van der Waals surface area contributed by atoms with Crippen LogP contribution in [0.15, 0.2) is 42.5 Å². The Morgan fingerprint density at radius 1 is 1.17 bits per heavy atom. The van der Waals surface area contributed by atoms with Gasteiger partial charge in [0.05, 0.1) is 5.52 Å². The Morgan fingerprint density at radius 2 is 1.87 bits per heavy atom. The molecule has 5 nitrogen and oxygen atoms in total. The number of hydrogen-bond acceptors (Lipinski definition) is 4. The molecular weight excluding hydrogens is 428 g/mol. The molecule has 30 heavy (non-hydrogen) atoms. The van der Waals surface area contributed by atoms with Crippen molar-refractivity contribution in [1.82, 2.24) is 4.98 Å². The number of amides is 1. The van der Waals surface area contributed by atoms with Crippen molar-refractivity contribution in [3.63, 3.8) is 0 Å². The molecule has 0 aliphatic rings. The number of carbonyl (C=O) groups is 1. The molecule has 0 fully saturated rings. The maximum absolute atomic E-state index is 14.7. The Kier molecular flexibility index (Phi) is 9.49. The molecule has 3 rings (SSSR count). The predicted molar refractivity (Wildman–Crippen MR) is 123 cm³/mol. The molecule has 0 spiro atoms. The van der Waals surface area contributed by atoms with Crippen LogP contribution in [0.1, 0.15) is 25.1 Å². The summed E-state index contributed by atoms with van der Waals surface area (Å²) in [6.07, 6.45) is 0.740. The van der Waals surface area contributed by atoms with Gasteiger partial charge in [0.1, 0.15) is 11.6 Å². The third kappa shape index (κ3) is 5.59. The number of benzene rings is 2. The monoisotopic (exact) mass is 453 g/mol. The fourth-order valence-electron chi connectivity index (χ4n) is 3.32. The fraction of sp³-hybridized carbons (Fsp3) is 0.273. The molecule has 3 aromatic rings. The highest BCUT2D eigenvalue weighted by Crippen LogP contribution is 2.36. The van der Waals surface area contributed by atoms with Gasteiger partial charge in [0.15, 0.2) is 6.61 Å². The summed E-state index contributed by atoms with van der Waals surface area (Å²) in [7, 11) is 0. The number of hydrogen-bond donors (Lipinski definition) is 2. The molecule has 0 aliphatic carbocycles. The van der Waals surface area contributed by atoms with Gasteiger partial charge in [0.2, 0.25) is 0 Å². The van der Waals surface area contributed by atoms with Gasteiger partial charge in [-0.05, 0) is 42.2 Å². The van der Waals surface area contributed by atoms with Crippen molar-refractivity contribution in [2.45, 2.75) is 26.8 Å². The molecule has 0 atom stereocenters. The van der Waals surface area contributed by atoms with Gasteiger partial charge in [0.25, 0.3) is 5.91 Å². The largest absolute Gasteiger partial charge is 0.484 e. The van der Waals surface area contributed by atoms with E-state index >= 15 is 0 Å². The SMILES string of the molecule is CC(C)Cc1nc2ccc(OCC(N)=O)cc2c(-c2ccccc2F)c1CN.Cl.Cl. The van der Waals surface area contributed by atoms with E-state index in [0.717, 1.165) is 28.6 Å². The zero-order valence-electron chi connectivity index (χ0n) is 16.9. The van der Waals surface area contributed by atoms with Crippen LogP contribution in [0, 0.1) is 11.7 Å². The normalized spacial score (nSPS) is 10.4. The van der Waals surface area contributed by atoms with Gasteiger partial charge in [-0.3, -0.25) is 9.78 Å². The molecule has 0 saturated heterocycles. The molecule has 0 unspecified atom stereocenters. The Balaban J connectivity index is 0.00000225. The highest BCUT2D eigenvalue weighted by molar-refractivity contribution is 5.97. The lowest BCUT2D eigenvalue weighted by molar-refractivity contribution is -0.119. The second kappa shape index (κ2) is 11.1. The van der Waals surface area contributed by atoms with E-state index in [4.69, 9.17) is 21.2 Å². The topological polar surface area (TPSA) is 91.2 Å². The summed E-state index contributed by atoms with van der Waals surface area (Å²) in [5.41, 5.74) is 14.8. The number of nitrogens with two attached hydrogens (primary N) is 2. The molecule has 4 N–H and O–H groups in total. The molecule has 8 heteroatoms. The smallest absolute Gasteiger partial charge is 0.255 e. The van der Waals surface area contributed by atoms with E-state index in [9.17, 15) is 9.18 Å². The van der Waals surface area contributed by atoms with Crippen LogP contribution in [0.3, 0.4) is 0 Å². The average Bonchev–Trinajstić information content (AvgIpc) is 2.65. The van der Waals surface area contributed by atoms with E-state index in [0.29, 0.717) is 22.8 Å². The zero-order valence-corrected chi connectivity index (χ0v) is 18.5. The minimum Gasteiger partial charge on any atom is -0.484 e. The Hall–Kier alpha value is -2.41. The maximum Gasteiger partial charge on any atom is 0.255 e. The Bertz CT molecular complexity index is 1030. The Labute approximate surface area is 187 Å². The highest BCUT2D eigenvalue weighted by Gasteiger charge is 2.19. The molecule has 2 aromatic carbocycles. The van der Waals surface area contributed by atoms with E-state index in [-0.39, 0.29) is 43.8 Å². The summed E-state index contributed by atoms with van der Waals surface area (Å²) < 4.78 is 20.2. The predicted octanol–water partition coefficient (Wildman–Crippen LogP) is 4.41. The van der Waals surface area contributed by atoms with E-state index in [2.05, 4.69) is 13.8 Å². The van der Waals surface area contributed by atoms with Crippen molar-refractivity contribution in [1.29, 1.82) is 0 Å². The van der Waals surface area contributed by atoms with Gasteiger partial charge in [-0.25, -0.2) is 4.39 Å². The standard InChI is InChI=1S/C22H24FN3O2.2ClH/c1-13(2)9-20-17(11-24)22(15-5-3-4-6-18(15)23)16-10-14(28-12-21(25)27)7-8-19(16)26-20;;/h3-8,10,13H,9,11-12,24H2,1-2H3,(H2,25,27);2*1H. The molecule has 0 radical (unpaired) electrons. The van der Waals surface area contributed by atoms with Crippen LogP contribution in [0.2, 0.25) is 0 Å². The first kappa shape index (κ1) is 25.6. The number of rotatable bonds is 7. The number of primary amides is 1. The third-order valence-electron chi connectivity index (χ3n) is 4.47. The summed E-state index contributed by atoms with van der Waals surface area (Å²) in [5, 5.41) is 0.722. The second-order valence-corrected chi connectivity index (χ2v) is 7.13. The first-order valence-electron chi connectivity index (χ1n) is 9.22. The van der Waals surface area contributed by atoms with Crippen LogP contribution >= 0.6 is 24.8 Å². The first-order valence-corrected chi connectivity index (χ1v) is 9.22. The number of ether oxygens (including phenoxy) is 1. The van der Waals surface area contributed by atoms with Crippen LogP contribution < -0.4 is 16.2 Å². The van der Waals surface area contributed by atoms with Crippen LogP contribution in [0.4, 0.5) is 4.39 Å². The number of pyridine rings is 1. The van der Waals surface area contributed by atoms with Crippen molar-refractivity contribution in [2.24, 2.45) is 17.4 Å². The number of nitrogens with zero attached hydrogens (tertiary/aromatic N) is 1. The minimum absolute atomic E-state index is 0. The van der Waals surface area contributed by atoms with Crippen LogP contribution in [-0.2, 0) is 17.8 Å². The summed E-state index contributed by atoms with van der Waals surface area (Å²) >= 11 is 0. The lowest BCUT2D eigenvalue weighted by atomic mass is 9.91. The van der Waals surface area contributed by atoms with Crippen molar-refractivity contribution < 1.29 is 13.9 Å². The third-order valence-corrected chi connectivity index (χ3v) is 4.47. The molecule has 1 amide bonds. The minimum atomic E-state index is -0.567. The summed E-state index contributed by atoms with van der Waals surface area (Å²) in [4.78, 5) is 15.8. The highest BCUT2D eigenvalue weighted by atomic mass is 35.5. The van der Waals surface area contributed by atoms with Gasteiger partial charge < -0.3 is 16.2 Å². The molecule has 162 valence electrons. The summed E-state index contributed by atoms with van der Waals surface area (Å²) in [5.74, 6) is -0.0571. The fourth-order valence-corrected chi connectivity index (χ4v) is 3.32. The van der Waals surface area contributed by atoms with Crippen LogP contribution in [0.5, 0.6) is 5.75 Å². The van der Waals surface area contributed by atoms with Crippen molar-refractivity contribution >= 4 is 41.6 Å². The van der Waals surface area contributed by atoms with E-state index in [1.165, 1.54) is 6.07 Å². The summed E-state index contributed by atoms with van der Waals surface area (Å²) in [6.45, 7) is 4.22. The Morgan fingerprint density at radius 3 is 2.47 bits per heavy atom. The lowest BCUT2D eigenvalue weighted by Gasteiger charge is -2.18. The molecule has 1 heterocycles. The number of aromatic nitrogens is 1. The molecule has 1 aromatic heterocycles.